The molecule has 0 fully saturated rings. The van der Waals surface area contributed by atoms with Crippen LogP contribution in [0.4, 0.5) is 8.78 Å². The predicted molar refractivity (Wildman–Crippen MR) is 46.4 cm³/mol. The molecule has 0 spiro atoms. The quantitative estimate of drug-likeness (QED) is 0.483. The van der Waals surface area contributed by atoms with Gasteiger partial charge in [0.05, 0.1) is 5.56 Å². The van der Waals surface area contributed by atoms with Crippen molar-refractivity contribution in [2.24, 2.45) is 0 Å². The van der Waals surface area contributed by atoms with E-state index in [9.17, 15) is 8.78 Å². The first-order chi connectivity index (χ1) is 6.07. The van der Waals surface area contributed by atoms with Crippen LogP contribution < -0.4 is 0 Å². The van der Waals surface area contributed by atoms with E-state index in [0.717, 1.165) is 6.07 Å². The van der Waals surface area contributed by atoms with Gasteiger partial charge in [0.15, 0.2) is 5.82 Å². The normalized spacial score (nSPS) is 12.2. The number of rotatable bonds is 1. The number of halogens is 3. The Morgan fingerprint density at radius 2 is 2.08 bits per heavy atom. The molecule has 1 aromatic rings. The van der Waals surface area contributed by atoms with E-state index in [0.29, 0.717) is 0 Å². The van der Waals surface area contributed by atoms with Crippen LogP contribution in [0.3, 0.4) is 0 Å². The lowest BCUT2D eigenvalue weighted by atomic mass is 10.1. The van der Waals surface area contributed by atoms with Crippen LogP contribution in [0.15, 0.2) is 12.1 Å². The van der Waals surface area contributed by atoms with Crippen molar-refractivity contribution in [1.29, 1.82) is 0 Å². The van der Waals surface area contributed by atoms with E-state index in [-0.39, 0.29) is 5.56 Å². The topological polar surface area (TPSA) is 4.36 Å². The van der Waals surface area contributed by atoms with Crippen LogP contribution in [0, 0.1) is 18.2 Å². The van der Waals surface area contributed by atoms with Gasteiger partial charge in [-0.05, 0) is 12.1 Å². The van der Waals surface area contributed by atoms with Crippen LogP contribution in [-0.4, -0.2) is 0 Å². The minimum atomic E-state index is -0.842. The molecule has 1 atom stereocenters. The molecule has 1 aromatic carbocycles. The summed E-state index contributed by atoms with van der Waals surface area (Å²) in [5.74, 6) is -1.65. The molecular formula is C9H6ClF2N. The first-order valence-corrected chi connectivity index (χ1v) is 3.95. The van der Waals surface area contributed by atoms with E-state index in [2.05, 4.69) is 4.85 Å². The molecule has 0 aliphatic carbocycles. The smallest absolute Gasteiger partial charge is 0.248 e. The van der Waals surface area contributed by atoms with E-state index >= 15 is 0 Å². The van der Waals surface area contributed by atoms with E-state index in [1.165, 1.54) is 13.0 Å². The number of nitrogens with zero attached hydrogens (tertiary/aromatic N) is 1. The van der Waals surface area contributed by atoms with Crippen molar-refractivity contribution in [3.05, 3.63) is 45.8 Å². The molecule has 13 heavy (non-hydrogen) atoms. The van der Waals surface area contributed by atoms with Crippen LogP contribution in [0.5, 0.6) is 0 Å². The number of benzene rings is 1. The molecule has 1 nitrogen and oxygen atoms in total. The van der Waals surface area contributed by atoms with Gasteiger partial charge in [-0.2, -0.15) is 0 Å². The average molecular weight is 202 g/mol. The molecule has 68 valence electrons. The molecule has 0 amide bonds. The Morgan fingerprint density at radius 3 is 2.62 bits per heavy atom. The number of hydrogen-bond donors (Lipinski definition) is 0. The number of hydrogen-bond acceptors (Lipinski definition) is 0. The minimum absolute atomic E-state index is 0.126. The Kier molecular flexibility index (Phi) is 2.84. The van der Waals surface area contributed by atoms with E-state index in [4.69, 9.17) is 18.2 Å². The molecule has 1 rings (SSSR count). The fourth-order valence-electron chi connectivity index (χ4n) is 0.933. The van der Waals surface area contributed by atoms with Gasteiger partial charge in [-0.25, -0.2) is 15.4 Å². The Bertz CT molecular complexity index is 371. The Morgan fingerprint density at radius 1 is 1.46 bits per heavy atom. The van der Waals surface area contributed by atoms with Crippen molar-refractivity contribution >= 4 is 11.6 Å². The fourth-order valence-corrected chi connectivity index (χ4v) is 1.11. The maximum Gasteiger partial charge on any atom is 0.248 e. The summed E-state index contributed by atoms with van der Waals surface area (Å²) in [6.07, 6.45) is 0. The molecule has 0 saturated heterocycles. The van der Waals surface area contributed by atoms with Crippen molar-refractivity contribution in [2.75, 3.05) is 0 Å². The second kappa shape index (κ2) is 3.71. The summed E-state index contributed by atoms with van der Waals surface area (Å²) < 4.78 is 25.9. The van der Waals surface area contributed by atoms with Gasteiger partial charge < -0.3 is 4.85 Å². The monoisotopic (exact) mass is 201 g/mol. The van der Waals surface area contributed by atoms with Gasteiger partial charge in [0.2, 0.25) is 6.04 Å². The zero-order valence-corrected chi connectivity index (χ0v) is 7.57. The largest absolute Gasteiger partial charge is 0.309 e. The lowest BCUT2D eigenvalue weighted by molar-refractivity contribution is 0.570. The van der Waals surface area contributed by atoms with Crippen LogP contribution in [0.25, 0.3) is 4.85 Å². The first-order valence-electron chi connectivity index (χ1n) is 3.58. The van der Waals surface area contributed by atoms with Crippen LogP contribution >= 0.6 is 11.6 Å². The molecule has 0 aromatic heterocycles. The SMILES string of the molecule is [C-]#[N+]C(C)c1ccc(F)c(Cl)c1F. The van der Waals surface area contributed by atoms with Gasteiger partial charge in [0, 0.05) is 6.92 Å². The third kappa shape index (κ3) is 1.78. The average Bonchev–Trinajstić information content (AvgIpc) is 2.13. The van der Waals surface area contributed by atoms with Crippen molar-refractivity contribution in [1.82, 2.24) is 0 Å². The summed E-state index contributed by atoms with van der Waals surface area (Å²) in [6.45, 7) is 8.22. The van der Waals surface area contributed by atoms with Gasteiger partial charge in [-0.3, -0.25) is 0 Å². The van der Waals surface area contributed by atoms with Crippen LogP contribution in [0.1, 0.15) is 18.5 Å². The minimum Gasteiger partial charge on any atom is -0.309 e. The van der Waals surface area contributed by atoms with Crippen molar-refractivity contribution in [3.8, 4) is 0 Å². The lowest BCUT2D eigenvalue weighted by Gasteiger charge is -2.03. The summed E-state index contributed by atoms with van der Waals surface area (Å²) in [7, 11) is 0. The highest BCUT2D eigenvalue weighted by molar-refractivity contribution is 6.30. The Labute approximate surface area is 79.8 Å². The van der Waals surface area contributed by atoms with Gasteiger partial charge >= 0.3 is 0 Å². The molecule has 0 N–H and O–H groups in total. The summed E-state index contributed by atoms with van der Waals surface area (Å²) in [4.78, 5) is 3.12. The molecule has 1 unspecified atom stereocenters. The third-order valence-corrected chi connectivity index (χ3v) is 2.06. The lowest BCUT2D eigenvalue weighted by Crippen LogP contribution is -1.95. The second-order valence-electron chi connectivity index (χ2n) is 2.57. The highest BCUT2D eigenvalue weighted by atomic mass is 35.5. The predicted octanol–water partition coefficient (Wildman–Crippen LogP) is 3.60. The summed E-state index contributed by atoms with van der Waals surface area (Å²) in [5, 5.41) is -0.548. The van der Waals surface area contributed by atoms with Crippen LogP contribution in [-0.2, 0) is 0 Å². The molecule has 0 aliphatic rings. The zero-order chi connectivity index (χ0) is 10.0. The van der Waals surface area contributed by atoms with E-state index in [1.807, 2.05) is 0 Å². The maximum atomic E-state index is 13.2. The third-order valence-electron chi connectivity index (χ3n) is 1.71. The van der Waals surface area contributed by atoms with E-state index < -0.39 is 22.7 Å². The van der Waals surface area contributed by atoms with Crippen LogP contribution in [0.2, 0.25) is 5.02 Å². The zero-order valence-electron chi connectivity index (χ0n) is 6.81. The molecule has 0 bridgehead atoms. The molecule has 0 aliphatic heterocycles. The Hall–Kier alpha value is -1.14. The van der Waals surface area contributed by atoms with Gasteiger partial charge in [0.25, 0.3) is 0 Å². The van der Waals surface area contributed by atoms with Gasteiger partial charge in [-0.15, -0.1) is 0 Å². The fraction of sp³-hybridized carbons (Fsp3) is 0.222. The molecule has 0 heterocycles. The van der Waals surface area contributed by atoms with Gasteiger partial charge in [0.1, 0.15) is 10.8 Å². The maximum absolute atomic E-state index is 13.2. The van der Waals surface area contributed by atoms with Crippen molar-refractivity contribution < 1.29 is 8.78 Å². The first kappa shape index (κ1) is 9.94. The van der Waals surface area contributed by atoms with Crippen molar-refractivity contribution in [2.45, 2.75) is 13.0 Å². The van der Waals surface area contributed by atoms with Gasteiger partial charge in [-0.1, -0.05) is 11.6 Å². The van der Waals surface area contributed by atoms with Crippen molar-refractivity contribution in [3.63, 3.8) is 0 Å². The van der Waals surface area contributed by atoms with E-state index in [1.54, 1.807) is 0 Å². The molecule has 4 heteroatoms. The summed E-state index contributed by atoms with van der Waals surface area (Å²) >= 11 is 5.33. The molecule has 0 radical (unpaired) electrons. The second-order valence-corrected chi connectivity index (χ2v) is 2.95. The summed E-state index contributed by atoms with van der Waals surface area (Å²) in [5.41, 5.74) is 0.126. The molecule has 0 saturated carbocycles. The molecular weight excluding hydrogens is 196 g/mol. The standard InChI is InChI=1S/C9H6ClF2N/c1-5(13-2)6-3-4-7(11)8(10)9(6)12/h3-5H,1H3. The highest BCUT2D eigenvalue weighted by Gasteiger charge is 2.18. The summed E-state index contributed by atoms with van der Waals surface area (Å²) in [6, 6.07) is 1.65. The highest BCUT2D eigenvalue weighted by Crippen LogP contribution is 2.27. The Balaban J connectivity index is 3.28.